The molecule has 1 aromatic carbocycles. The minimum absolute atomic E-state index is 0.258. The molecule has 4 rings (SSSR count). The van der Waals surface area contributed by atoms with Gasteiger partial charge in [0.25, 0.3) is 0 Å². The number of rotatable bonds is 8. The lowest BCUT2D eigenvalue weighted by atomic mass is 10.1. The van der Waals surface area contributed by atoms with Crippen LogP contribution in [0.2, 0.25) is 0 Å². The van der Waals surface area contributed by atoms with E-state index in [1.165, 1.54) is 0 Å². The van der Waals surface area contributed by atoms with Gasteiger partial charge in [-0.15, -0.1) is 0 Å². The third-order valence-electron chi connectivity index (χ3n) is 6.31. The molecule has 0 atom stereocenters. The van der Waals surface area contributed by atoms with Crippen molar-refractivity contribution in [3.05, 3.63) is 34.6 Å². The maximum Gasteiger partial charge on any atom is 0.243 e. The predicted molar refractivity (Wildman–Crippen MR) is 142 cm³/mol. The zero-order valence-corrected chi connectivity index (χ0v) is 22.8. The second-order valence-electron chi connectivity index (χ2n) is 9.66. The van der Waals surface area contributed by atoms with Gasteiger partial charge in [-0.05, 0) is 43.7 Å². The highest BCUT2D eigenvalue weighted by Crippen LogP contribution is 2.35. The summed E-state index contributed by atoms with van der Waals surface area (Å²) in [4.78, 5) is 5.71. The Balaban J connectivity index is 1.85. The third-order valence-corrected chi connectivity index (χ3v) is 8.50. The largest absolute Gasteiger partial charge is 0.493 e. The van der Waals surface area contributed by atoms with Gasteiger partial charge in [0.1, 0.15) is 15.9 Å². The molecule has 1 aliphatic rings. The van der Waals surface area contributed by atoms with Crippen LogP contribution in [0, 0.1) is 10.6 Å². The van der Waals surface area contributed by atoms with E-state index < -0.39 is 10.0 Å². The monoisotopic (exact) mass is 517 g/mol. The van der Waals surface area contributed by atoms with Crippen LogP contribution in [-0.2, 0) is 23.5 Å². The summed E-state index contributed by atoms with van der Waals surface area (Å²) in [5.41, 5.74) is 3.26. The number of ether oxygens (including phenoxy) is 1. The van der Waals surface area contributed by atoms with Crippen molar-refractivity contribution in [1.29, 1.82) is 0 Å². The Hall–Kier alpha value is -2.27. The van der Waals surface area contributed by atoms with Crippen molar-refractivity contribution in [3.8, 4) is 17.0 Å². The average Bonchev–Trinajstić information content (AvgIpc) is 3.13. The number of H-pyrrole nitrogens is 1. The van der Waals surface area contributed by atoms with Crippen LogP contribution in [-0.4, -0.2) is 72.2 Å². The highest BCUT2D eigenvalue weighted by atomic mass is 32.2. The quantitative estimate of drug-likeness (QED) is 0.451. The SMILES string of the molecule is CCCc1nn(C)c2c(=S)[nH]c(-c3cc(S(=O)(=O)N4CCN(C)CC4)ccc3OCC(C)C)cc12. The molecule has 0 spiro atoms. The zero-order chi connectivity index (χ0) is 25.3. The summed E-state index contributed by atoms with van der Waals surface area (Å²) in [5, 5.41) is 5.66. The molecule has 0 amide bonds. The molecule has 0 unspecified atom stereocenters. The van der Waals surface area contributed by atoms with Crippen LogP contribution >= 0.6 is 12.2 Å². The molecule has 10 heteroatoms. The first-order valence-corrected chi connectivity index (χ1v) is 14.0. The number of pyridine rings is 1. The number of aromatic nitrogens is 3. The fraction of sp³-hybridized carbons (Fsp3) is 0.520. The molecular weight excluding hydrogens is 482 g/mol. The Kier molecular flexibility index (Phi) is 7.65. The molecule has 3 aromatic rings. The van der Waals surface area contributed by atoms with E-state index in [1.54, 1.807) is 22.5 Å². The first kappa shape index (κ1) is 25.8. The van der Waals surface area contributed by atoms with E-state index in [9.17, 15) is 8.42 Å². The number of nitrogens with one attached hydrogen (secondary N) is 1. The highest BCUT2D eigenvalue weighted by molar-refractivity contribution is 7.89. The summed E-state index contributed by atoms with van der Waals surface area (Å²) in [6.07, 6.45) is 1.80. The molecule has 8 nitrogen and oxygen atoms in total. The molecule has 0 radical (unpaired) electrons. The average molecular weight is 518 g/mol. The van der Waals surface area contributed by atoms with Crippen LogP contribution in [0.1, 0.15) is 32.9 Å². The van der Waals surface area contributed by atoms with Crippen LogP contribution in [0.3, 0.4) is 0 Å². The number of hydrogen-bond acceptors (Lipinski definition) is 6. The Bertz CT molecular complexity index is 1370. The van der Waals surface area contributed by atoms with E-state index >= 15 is 0 Å². The Labute approximate surface area is 212 Å². The van der Waals surface area contributed by atoms with E-state index in [-0.39, 0.29) is 4.90 Å². The van der Waals surface area contributed by atoms with Gasteiger partial charge in [-0.25, -0.2) is 8.42 Å². The zero-order valence-electron chi connectivity index (χ0n) is 21.2. The number of nitrogens with zero attached hydrogens (tertiary/aromatic N) is 4. The van der Waals surface area contributed by atoms with Gasteiger partial charge < -0.3 is 14.6 Å². The van der Waals surface area contributed by atoms with Gasteiger partial charge in [-0.1, -0.05) is 39.4 Å². The number of likely N-dealkylation sites (N-methyl/N-ethyl adjacent to an activating group) is 1. The molecule has 2 aromatic heterocycles. The van der Waals surface area contributed by atoms with Gasteiger partial charge in [0.15, 0.2) is 0 Å². The molecule has 1 aliphatic heterocycles. The lowest BCUT2D eigenvalue weighted by molar-refractivity contribution is 0.222. The third kappa shape index (κ3) is 5.30. The minimum atomic E-state index is -3.63. The van der Waals surface area contributed by atoms with E-state index in [4.69, 9.17) is 17.0 Å². The van der Waals surface area contributed by atoms with Gasteiger partial charge in [0, 0.05) is 44.2 Å². The van der Waals surface area contributed by atoms with Gasteiger partial charge in [-0.3, -0.25) is 4.68 Å². The second-order valence-corrected chi connectivity index (χ2v) is 12.0. The van der Waals surface area contributed by atoms with Crippen LogP contribution in [0.25, 0.3) is 22.2 Å². The molecule has 0 saturated carbocycles. The summed E-state index contributed by atoms with van der Waals surface area (Å²) >= 11 is 5.71. The lowest BCUT2D eigenvalue weighted by Crippen LogP contribution is -2.47. The van der Waals surface area contributed by atoms with Crippen molar-refractivity contribution >= 4 is 33.1 Å². The molecule has 0 bridgehead atoms. The molecule has 3 heterocycles. The standard InChI is InChI=1S/C25H35N5O3S2/c1-6-7-21-20-15-22(26-25(34)24(20)29(5)27-21)19-14-18(8-9-23(19)33-16-17(2)3)35(31,32)30-12-10-28(4)11-13-30/h8-9,14-15,17H,6-7,10-13,16H2,1-5H3,(H,26,34). The first-order chi connectivity index (χ1) is 16.6. The summed E-state index contributed by atoms with van der Waals surface area (Å²) in [5.74, 6) is 0.953. The molecule has 1 N–H and O–H groups in total. The van der Waals surface area contributed by atoms with Crippen LogP contribution in [0.5, 0.6) is 5.75 Å². The predicted octanol–water partition coefficient (Wildman–Crippen LogP) is 4.22. The molecule has 0 aliphatic carbocycles. The van der Waals surface area contributed by atoms with E-state index in [0.29, 0.717) is 54.7 Å². The fourth-order valence-electron chi connectivity index (χ4n) is 4.39. The maximum absolute atomic E-state index is 13.5. The number of fused-ring (bicyclic) bond motifs is 1. The van der Waals surface area contributed by atoms with Crippen LogP contribution < -0.4 is 4.74 Å². The highest BCUT2D eigenvalue weighted by Gasteiger charge is 2.28. The lowest BCUT2D eigenvalue weighted by Gasteiger charge is -2.31. The Morgan fingerprint density at radius 3 is 2.51 bits per heavy atom. The van der Waals surface area contributed by atoms with E-state index in [0.717, 1.165) is 35.1 Å². The van der Waals surface area contributed by atoms with Crippen LogP contribution in [0.4, 0.5) is 0 Å². The number of sulfonamides is 1. The Morgan fingerprint density at radius 2 is 1.86 bits per heavy atom. The van der Waals surface area contributed by atoms with Crippen molar-refractivity contribution in [1.82, 2.24) is 24.0 Å². The minimum Gasteiger partial charge on any atom is -0.493 e. The molecule has 1 saturated heterocycles. The number of benzene rings is 1. The summed E-state index contributed by atoms with van der Waals surface area (Å²) in [6.45, 7) is 9.19. The van der Waals surface area contributed by atoms with Gasteiger partial charge in [0.2, 0.25) is 10.0 Å². The van der Waals surface area contributed by atoms with Gasteiger partial charge in [0.05, 0.1) is 22.9 Å². The number of piperazine rings is 1. The normalized spacial score (nSPS) is 15.8. The second kappa shape index (κ2) is 10.4. The molecule has 35 heavy (non-hydrogen) atoms. The fourth-order valence-corrected chi connectivity index (χ4v) is 6.19. The number of aromatic amines is 1. The summed E-state index contributed by atoms with van der Waals surface area (Å²) in [7, 11) is 0.266. The van der Waals surface area contributed by atoms with Crippen LogP contribution in [0.15, 0.2) is 29.2 Å². The van der Waals surface area contributed by atoms with E-state index in [1.807, 2.05) is 24.8 Å². The van der Waals surface area contributed by atoms with Crippen molar-refractivity contribution in [2.75, 3.05) is 39.8 Å². The smallest absolute Gasteiger partial charge is 0.243 e. The molecule has 1 fully saturated rings. The van der Waals surface area contributed by atoms with Gasteiger partial charge >= 0.3 is 0 Å². The van der Waals surface area contributed by atoms with Crippen molar-refractivity contribution in [3.63, 3.8) is 0 Å². The van der Waals surface area contributed by atoms with Crippen molar-refractivity contribution < 1.29 is 13.2 Å². The Morgan fingerprint density at radius 1 is 1.14 bits per heavy atom. The molecule has 190 valence electrons. The first-order valence-electron chi connectivity index (χ1n) is 12.2. The topological polar surface area (TPSA) is 83.5 Å². The van der Waals surface area contributed by atoms with Crippen molar-refractivity contribution in [2.45, 2.75) is 38.5 Å². The van der Waals surface area contributed by atoms with Crippen molar-refractivity contribution in [2.24, 2.45) is 13.0 Å². The van der Waals surface area contributed by atoms with Gasteiger partial charge in [-0.2, -0.15) is 9.40 Å². The number of hydrogen-bond donors (Lipinski definition) is 1. The van der Waals surface area contributed by atoms with E-state index in [2.05, 4.69) is 35.8 Å². The number of aryl methyl sites for hydroxylation is 2. The maximum atomic E-state index is 13.5. The summed E-state index contributed by atoms with van der Waals surface area (Å²) < 4.78 is 37.1. The molecular formula is C25H35N5O3S2. The summed E-state index contributed by atoms with van der Waals surface area (Å²) in [6, 6.07) is 7.14.